The molecule has 0 saturated carbocycles. The lowest BCUT2D eigenvalue weighted by Crippen LogP contribution is -2.33. The third-order valence-corrected chi connectivity index (χ3v) is 19.1. The first-order chi connectivity index (χ1) is 41.3. The second-order valence-electron chi connectivity index (χ2n) is 20.8. The van der Waals surface area contributed by atoms with Gasteiger partial charge in [-0.15, -0.1) is 5.06 Å². The van der Waals surface area contributed by atoms with Crippen molar-refractivity contribution in [3.63, 3.8) is 0 Å². The van der Waals surface area contributed by atoms with E-state index in [9.17, 15) is 79.2 Å². The summed E-state index contributed by atoms with van der Waals surface area (Å²) in [6.45, 7) is 4.36. The summed E-state index contributed by atoms with van der Waals surface area (Å²) in [6, 6.07) is 8.35. The molecule has 33 heteroatoms. The Morgan fingerprint density at radius 3 is 1.66 bits per heavy atom. The monoisotopic (exact) mass is 1340 g/mol. The number of hydrogen-bond donors (Lipinski definition) is 0. The molecule has 1 saturated heterocycles. The normalized spacial score (nSPS) is 18.8. The molecular formula is C56H67N3O25S5-4. The average Bonchev–Trinajstić information content (AvgIpc) is 1.61. The number of anilines is 1. The van der Waals surface area contributed by atoms with Crippen molar-refractivity contribution in [2.24, 2.45) is 0 Å². The second-order valence-corrected chi connectivity index (χ2v) is 27.7. The highest BCUT2D eigenvalue weighted by molar-refractivity contribution is 7.87. The van der Waals surface area contributed by atoms with Gasteiger partial charge in [-0.25, -0.2) is 46.9 Å². The van der Waals surface area contributed by atoms with Gasteiger partial charge in [0.25, 0.3) is 11.8 Å². The first-order valence-corrected chi connectivity index (χ1v) is 34.3. The molecule has 2 unspecified atom stereocenters. The van der Waals surface area contributed by atoms with E-state index in [4.69, 9.17) is 33.3 Å². The molecule has 1 fully saturated rings. The van der Waals surface area contributed by atoms with Gasteiger partial charge in [-0.3, -0.25) is 9.59 Å². The number of hydrogen-bond acceptors (Lipinski definition) is 26. The molecule has 2 atom stereocenters. The van der Waals surface area contributed by atoms with Crippen LogP contribution in [0.15, 0.2) is 104 Å². The number of benzene rings is 4. The van der Waals surface area contributed by atoms with E-state index in [0.29, 0.717) is 53.2 Å². The Balaban J connectivity index is 0.0000126. The summed E-state index contributed by atoms with van der Waals surface area (Å²) in [5.41, 5.74) is -0.928. The summed E-state index contributed by atoms with van der Waals surface area (Å²) in [5, 5.41) is -0.319. The van der Waals surface area contributed by atoms with Crippen LogP contribution in [0.25, 0.3) is 21.5 Å². The summed E-state index contributed by atoms with van der Waals surface area (Å²) in [7, 11) is -23.6. The van der Waals surface area contributed by atoms with Crippen molar-refractivity contribution in [2.45, 2.75) is 90.2 Å². The van der Waals surface area contributed by atoms with E-state index in [-0.39, 0.29) is 138 Å². The van der Waals surface area contributed by atoms with Crippen LogP contribution in [0.5, 0.6) is 0 Å². The van der Waals surface area contributed by atoms with Crippen LogP contribution in [-0.2, 0) is 109 Å². The van der Waals surface area contributed by atoms with Crippen LogP contribution >= 0.6 is 0 Å². The molecule has 2 amide bonds. The number of amides is 2. The van der Waals surface area contributed by atoms with Crippen molar-refractivity contribution in [3.05, 3.63) is 95.7 Å². The number of ether oxygens (including phenoxy) is 6. The van der Waals surface area contributed by atoms with Crippen molar-refractivity contribution in [2.75, 3.05) is 104 Å². The number of rotatable bonds is 33. The van der Waals surface area contributed by atoms with Crippen LogP contribution < -0.4 is 4.90 Å². The summed E-state index contributed by atoms with van der Waals surface area (Å²) in [5.74, 6) is -3.18. The molecule has 0 aromatic heterocycles. The number of hydroxylamine groups is 2. The van der Waals surface area contributed by atoms with E-state index in [1.54, 1.807) is 53.7 Å². The van der Waals surface area contributed by atoms with E-state index >= 15 is 0 Å². The molecule has 3 aliphatic rings. The average molecular weight is 1340 g/mol. The molecule has 490 valence electrons. The highest BCUT2D eigenvalue weighted by atomic mass is 32.2. The molecule has 0 radical (unpaired) electrons. The molecule has 3 aliphatic heterocycles. The van der Waals surface area contributed by atoms with Crippen LogP contribution in [0.4, 0.5) is 11.4 Å². The van der Waals surface area contributed by atoms with Crippen molar-refractivity contribution >= 4 is 107 Å². The van der Waals surface area contributed by atoms with Gasteiger partial charge in [0.05, 0.1) is 94.4 Å². The Bertz CT molecular complexity index is 4060. The highest BCUT2D eigenvalue weighted by Crippen LogP contribution is 2.54. The van der Waals surface area contributed by atoms with E-state index in [0.717, 1.165) is 12.1 Å². The van der Waals surface area contributed by atoms with E-state index in [2.05, 4.69) is 0 Å². The maximum absolute atomic E-state index is 12.9. The largest absolute Gasteiger partial charge is 0.748 e. The van der Waals surface area contributed by atoms with Crippen LogP contribution in [0, 0.1) is 0 Å². The molecule has 7 rings (SSSR count). The predicted molar refractivity (Wildman–Crippen MR) is 312 cm³/mol. The quantitative estimate of drug-likeness (QED) is 0.0217. The molecule has 0 N–H and O–H groups in total. The van der Waals surface area contributed by atoms with Gasteiger partial charge in [0.15, 0.2) is 12.3 Å². The molecule has 0 aliphatic carbocycles. The van der Waals surface area contributed by atoms with Crippen LogP contribution in [-0.4, -0.2) is 197 Å². The Labute approximate surface area is 516 Å². The minimum Gasteiger partial charge on any atom is -0.748 e. The van der Waals surface area contributed by atoms with Gasteiger partial charge >= 0.3 is 5.97 Å². The molecule has 0 spiro atoms. The standard InChI is InChI=1S/C55H67N3O25S5.CH4/c1-54(18-8-32-84(62,63)64)47(56(20-24-77-3)43-13-11-39-41(52(43)54)33-37(85(65,66)67)35-45(39)87(71,72)73)9-6-5-7-10-48-55(2,19-23-80-28-29-82-31-30-81-27-26-78-4)53-42-34-38(86(68,69)70)36-46(88(74,75)76)40(42)12-14-44(53)57(48)21-25-79-22-17-51(61)83-58-49(59)15-16-50(58)60;/h5-7,9-14,33-36H,8,15-32H2,1-4H3,(H4-,62,63,64,65,66,67,68,69,70,71,72,73,74,75,76);1H4/p-4. The lowest BCUT2D eigenvalue weighted by Gasteiger charge is -2.31. The van der Waals surface area contributed by atoms with Crippen molar-refractivity contribution < 1.29 is 117 Å². The lowest BCUT2D eigenvalue weighted by molar-refractivity contribution is -0.441. The lowest BCUT2D eigenvalue weighted by atomic mass is 9.74. The summed E-state index contributed by atoms with van der Waals surface area (Å²) in [6.07, 6.45) is 6.85. The molecule has 4 aromatic carbocycles. The predicted octanol–water partition coefficient (Wildman–Crippen LogP) is 3.45. The van der Waals surface area contributed by atoms with Crippen LogP contribution in [0.3, 0.4) is 0 Å². The molecule has 89 heavy (non-hydrogen) atoms. The number of fused-ring (bicyclic) bond motifs is 6. The van der Waals surface area contributed by atoms with Crippen molar-refractivity contribution in [3.8, 4) is 0 Å². The van der Waals surface area contributed by atoms with Gasteiger partial charge in [-0.1, -0.05) is 31.7 Å². The Morgan fingerprint density at radius 2 is 1.12 bits per heavy atom. The summed E-state index contributed by atoms with van der Waals surface area (Å²) < 4.78 is 223. The Kier molecular flexibility index (Phi) is 23.9. The first kappa shape index (κ1) is 72.1. The second kappa shape index (κ2) is 29.5. The summed E-state index contributed by atoms with van der Waals surface area (Å²) >= 11 is 0. The molecule has 3 heterocycles. The van der Waals surface area contributed by atoms with Gasteiger partial charge in [0.1, 0.15) is 47.1 Å². The van der Waals surface area contributed by atoms with E-state index < -0.39 is 111 Å². The number of carbonyl (C=O) groups excluding carboxylic acids is 3. The molecular weight excluding hydrogens is 1270 g/mol. The number of carbonyl (C=O) groups is 3. The van der Waals surface area contributed by atoms with Crippen molar-refractivity contribution in [1.82, 2.24) is 5.06 Å². The third kappa shape index (κ3) is 17.1. The zero-order valence-electron chi connectivity index (χ0n) is 48.0. The third-order valence-electron chi connectivity index (χ3n) is 15.0. The Hall–Kier alpha value is -5.99. The fourth-order valence-electron chi connectivity index (χ4n) is 11.0. The van der Waals surface area contributed by atoms with E-state index in [1.165, 1.54) is 38.5 Å². The zero-order chi connectivity index (χ0) is 64.6. The van der Waals surface area contributed by atoms with E-state index in [1.807, 2.05) is 0 Å². The minimum absolute atomic E-state index is 0. The maximum Gasteiger partial charge on any atom is 0.335 e. The van der Waals surface area contributed by atoms with Gasteiger partial charge in [0, 0.05) is 85.9 Å². The van der Waals surface area contributed by atoms with Gasteiger partial charge < -0.3 is 60.9 Å². The molecule has 28 nitrogen and oxygen atoms in total. The van der Waals surface area contributed by atoms with Crippen LogP contribution in [0.1, 0.15) is 70.9 Å². The molecule has 0 bridgehead atoms. The highest BCUT2D eigenvalue weighted by Gasteiger charge is 2.49. The SMILES string of the molecule is C.COCCOCCOCCOCCC1(C)\C(=C/C=C/C=C/C2=[N+](CCOC)c3ccc4c(S(=O)(=O)[O-])cc(S(=O)(=O)[O-])cc4c3C2(C)CCCS(=O)(=O)[O-])N(CCOCCC(=O)ON2C(=O)CCC2=O)c2ccc3c(S(=O)(=O)[O-])cc(S(=O)(=O)[O-])cc3c21. The minimum atomic E-state index is -5.45. The number of imide groups is 1. The van der Waals surface area contributed by atoms with Gasteiger partial charge in [-0.2, -0.15) is 4.58 Å². The first-order valence-electron chi connectivity index (χ1n) is 27.1. The fourth-order valence-corrected chi connectivity index (χ4v) is 14.1. The summed E-state index contributed by atoms with van der Waals surface area (Å²) in [4.78, 5) is 39.4. The fraction of sp³-hybridized carbons (Fsp3) is 0.464. The van der Waals surface area contributed by atoms with Crippen molar-refractivity contribution in [1.29, 1.82) is 0 Å². The number of methoxy groups -OCH3 is 2. The Morgan fingerprint density at radius 1 is 0.596 bits per heavy atom. The topological polar surface area (TPSA) is 411 Å². The number of allylic oxidation sites excluding steroid dienone is 6. The van der Waals surface area contributed by atoms with Gasteiger partial charge in [-0.05, 0) is 97.3 Å². The smallest absolute Gasteiger partial charge is 0.335 e. The molecule has 4 aromatic rings. The van der Waals surface area contributed by atoms with Crippen LogP contribution in [0.2, 0.25) is 0 Å². The maximum atomic E-state index is 12.9. The number of nitrogens with zero attached hydrogens (tertiary/aromatic N) is 3. The zero-order valence-corrected chi connectivity index (χ0v) is 52.1. The van der Waals surface area contributed by atoms with Gasteiger partial charge in [0.2, 0.25) is 5.69 Å².